The third kappa shape index (κ3) is 4.33. The monoisotopic (exact) mass is 254 g/mol. The maximum atomic E-state index is 12.7. The highest BCUT2D eigenvalue weighted by Crippen LogP contribution is 2.13. The molecule has 0 heterocycles. The molecule has 0 fully saturated rings. The molecule has 0 bridgehead atoms. The number of carbonyl (C=O) groups excluding carboxylic acids is 1. The van der Waals surface area contributed by atoms with Crippen molar-refractivity contribution in [1.82, 2.24) is 0 Å². The Morgan fingerprint density at radius 2 is 1.89 bits per heavy atom. The molecule has 1 rings (SSSR count). The molecular weight excluding hydrogens is 235 g/mol. The lowest BCUT2D eigenvalue weighted by atomic mass is 9.96. The number of carbonyl (C=O) groups is 1. The van der Waals surface area contributed by atoms with Crippen molar-refractivity contribution in [3.63, 3.8) is 0 Å². The summed E-state index contributed by atoms with van der Waals surface area (Å²) >= 11 is 0. The van der Waals surface area contributed by atoms with E-state index in [9.17, 15) is 9.18 Å². The maximum Gasteiger partial charge on any atom is 0.411 e. The van der Waals surface area contributed by atoms with Gasteiger partial charge < -0.3 is 10.5 Å². The van der Waals surface area contributed by atoms with Crippen LogP contribution < -0.4 is 11.1 Å². The summed E-state index contributed by atoms with van der Waals surface area (Å²) in [4.78, 5) is 11.5. The molecule has 0 saturated heterocycles. The molecule has 0 radical (unpaired) electrons. The Kier molecular flexibility index (Phi) is 5.09. The lowest BCUT2D eigenvalue weighted by Gasteiger charge is -2.25. The molecule has 0 atom stereocenters. The van der Waals surface area contributed by atoms with Gasteiger partial charge in [0.1, 0.15) is 12.4 Å². The van der Waals surface area contributed by atoms with Gasteiger partial charge in [-0.3, -0.25) is 5.32 Å². The smallest absolute Gasteiger partial charge is 0.411 e. The van der Waals surface area contributed by atoms with Crippen molar-refractivity contribution in [1.29, 1.82) is 0 Å². The number of nitrogens with one attached hydrogen (secondary N) is 1. The van der Waals surface area contributed by atoms with Crippen LogP contribution in [0.4, 0.5) is 14.9 Å². The zero-order chi connectivity index (χ0) is 13.6. The largest absolute Gasteiger partial charge is 0.447 e. The Bertz CT molecular complexity index is 388. The first-order valence-electron chi connectivity index (χ1n) is 5.97. The summed E-state index contributed by atoms with van der Waals surface area (Å²) in [5.41, 5.74) is 6.00. The fourth-order valence-corrected chi connectivity index (χ4v) is 1.35. The van der Waals surface area contributed by atoms with Crippen molar-refractivity contribution in [3.8, 4) is 0 Å². The number of halogens is 1. The van der Waals surface area contributed by atoms with Gasteiger partial charge in [0.15, 0.2) is 0 Å². The minimum absolute atomic E-state index is 0.160. The van der Waals surface area contributed by atoms with Gasteiger partial charge in [0.05, 0.1) is 0 Å². The average molecular weight is 254 g/mol. The van der Waals surface area contributed by atoms with Gasteiger partial charge in [-0.1, -0.05) is 13.8 Å². The van der Waals surface area contributed by atoms with Crippen molar-refractivity contribution in [2.75, 3.05) is 11.9 Å². The van der Waals surface area contributed by atoms with Gasteiger partial charge in [0.25, 0.3) is 0 Å². The Hall–Kier alpha value is -1.62. The molecule has 0 spiro atoms. The van der Waals surface area contributed by atoms with Crippen LogP contribution in [-0.4, -0.2) is 18.2 Å². The lowest BCUT2D eigenvalue weighted by molar-refractivity contribution is 0.125. The van der Waals surface area contributed by atoms with Gasteiger partial charge in [-0.25, -0.2) is 9.18 Å². The summed E-state index contributed by atoms with van der Waals surface area (Å²) in [5.74, 6) is -0.355. The highest BCUT2D eigenvalue weighted by atomic mass is 19.1. The van der Waals surface area contributed by atoms with Crippen LogP contribution in [0.1, 0.15) is 26.7 Å². The molecule has 100 valence electrons. The molecular formula is C13H19FN2O2. The predicted molar refractivity (Wildman–Crippen MR) is 68.9 cm³/mol. The molecule has 0 aliphatic rings. The first kappa shape index (κ1) is 14.4. The van der Waals surface area contributed by atoms with E-state index < -0.39 is 11.6 Å². The Morgan fingerprint density at radius 1 is 1.33 bits per heavy atom. The minimum Gasteiger partial charge on any atom is -0.447 e. The van der Waals surface area contributed by atoms with Gasteiger partial charge in [-0.2, -0.15) is 0 Å². The number of hydrogen-bond acceptors (Lipinski definition) is 3. The number of amides is 1. The highest BCUT2D eigenvalue weighted by Gasteiger charge is 2.22. The van der Waals surface area contributed by atoms with Gasteiger partial charge >= 0.3 is 6.09 Å². The molecule has 0 aromatic heterocycles. The fraction of sp³-hybridized carbons (Fsp3) is 0.462. The number of anilines is 1. The average Bonchev–Trinajstić information content (AvgIpc) is 2.39. The number of rotatable bonds is 5. The number of hydrogen-bond donors (Lipinski definition) is 2. The van der Waals surface area contributed by atoms with E-state index in [0.717, 1.165) is 12.8 Å². The first-order valence-corrected chi connectivity index (χ1v) is 5.97. The van der Waals surface area contributed by atoms with E-state index in [2.05, 4.69) is 5.32 Å². The molecule has 18 heavy (non-hydrogen) atoms. The van der Waals surface area contributed by atoms with Gasteiger partial charge in [-0.05, 0) is 37.1 Å². The van der Waals surface area contributed by atoms with E-state index in [1.54, 1.807) is 0 Å². The Balaban J connectivity index is 2.45. The van der Waals surface area contributed by atoms with Crippen LogP contribution in [0.5, 0.6) is 0 Å². The van der Waals surface area contributed by atoms with Crippen LogP contribution in [-0.2, 0) is 4.74 Å². The second-order valence-electron chi connectivity index (χ2n) is 4.28. The van der Waals surface area contributed by atoms with E-state index in [0.29, 0.717) is 5.69 Å². The van der Waals surface area contributed by atoms with Crippen LogP contribution in [0.3, 0.4) is 0 Å². The minimum atomic E-state index is -0.585. The maximum absolute atomic E-state index is 12.7. The molecule has 0 unspecified atom stereocenters. The molecule has 4 nitrogen and oxygen atoms in total. The topological polar surface area (TPSA) is 64.3 Å². The SMILES string of the molecule is CCC(N)(CC)COC(=O)Nc1ccc(F)cc1. The quantitative estimate of drug-likeness (QED) is 0.849. The molecule has 1 amide bonds. The van der Waals surface area contributed by atoms with E-state index >= 15 is 0 Å². The normalized spacial score (nSPS) is 11.1. The Labute approximate surface area is 106 Å². The summed E-state index contributed by atoms with van der Waals surface area (Å²) in [6.07, 6.45) is 0.874. The molecule has 0 aliphatic heterocycles. The van der Waals surface area contributed by atoms with Crippen LogP contribution in [0.2, 0.25) is 0 Å². The molecule has 3 N–H and O–H groups in total. The standard InChI is InChI=1S/C13H19FN2O2/c1-3-13(15,4-2)9-18-12(17)16-11-7-5-10(14)6-8-11/h5-8H,3-4,9,15H2,1-2H3,(H,16,17). The van der Waals surface area contributed by atoms with Crippen LogP contribution >= 0.6 is 0 Å². The van der Waals surface area contributed by atoms with Crippen LogP contribution in [0.15, 0.2) is 24.3 Å². The Morgan fingerprint density at radius 3 is 2.39 bits per heavy atom. The van der Waals surface area contributed by atoms with E-state index in [1.165, 1.54) is 24.3 Å². The molecule has 1 aromatic rings. The predicted octanol–water partition coefficient (Wildman–Crippen LogP) is 2.89. The van der Waals surface area contributed by atoms with E-state index in [4.69, 9.17) is 10.5 Å². The van der Waals surface area contributed by atoms with E-state index in [-0.39, 0.29) is 12.4 Å². The number of nitrogens with two attached hydrogens (primary N) is 1. The number of ether oxygens (including phenoxy) is 1. The zero-order valence-corrected chi connectivity index (χ0v) is 10.7. The highest BCUT2D eigenvalue weighted by molar-refractivity contribution is 5.84. The summed E-state index contributed by atoms with van der Waals surface area (Å²) in [7, 11) is 0. The van der Waals surface area contributed by atoms with Crippen molar-refractivity contribution in [2.24, 2.45) is 5.73 Å². The lowest BCUT2D eigenvalue weighted by Crippen LogP contribution is -2.44. The first-order chi connectivity index (χ1) is 8.49. The third-order valence-corrected chi connectivity index (χ3v) is 2.99. The van der Waals surface area contributed by atoms with Crippen molar-refractivity contribution in [2.45, 2.75) is 32.2 Å². The van der Waals surface area contributed by atoms with Crippen LogP contribution in [0, 0.1) is 5.82 Å². The summed E-state index contributed by atoms with van der Waals surface area (Å²) in [5, 5.41) is 2.51. The molecule has 1 aromatic carbocycles. The van der Waals surface area contributed by atoms with Crippen molar-refractivity contribution >= 4 is 11.8 Å². The zero-order valence-electron chi connectivity index (χ0n) is 10.7. The molecule has 0 aliphatic carbocycles. The van der Waals surface area contributed by atoms with Gasteiger partial charge in [0, 0.05) is 11.2 Å². The fourth-order valence-electron chi connectivity index (χ4n) is 1.35. The summed E-state index contributed by atoms with van der Waals surface area (Å²) < 4.78 is 17.7. The van der Waals surface area contributed by atoms with Gasteiger partial charge in [-0.15, -0.1) is 0 Å². The molecule has 0 saturated carbocycles. The van der Waals surface area contributed by atoms with Crippen molar-refractivity contribution in [3.05, 3.63) is 30.1 Å². The van der Waals surface area contributed by atoms with Crippen LogP contribution in [0.25, 0.3) is 0 Å². The number of benzene rings is 1. The van der Waals surface area contributed by atoms with Gasteiger partial charge in [0.2, 0.25) is 0 Å². The third-order valence-electron chi connectivity index (χ3n) is 2.99. The van der Waals surface area contributed by atoms with Crippen molar-refractivity contribution < 1.29 is 13.9 Å². The summed E-state index contributed by atoms with van der Waals surface area (Å²) in [6, 6.07) is 5.46. The summed E-state index contributed by atoms with van der Waals surface area (Å²) in [6.45, 7) is 4.06. The van der Waals surface area contributed by atoms with E-state index in [1.807, 2.05) is 13.8 Å². The molecule has 5 heteroatoms. The second kappa shape index (κ2) is 6.35. The second-order valence-corrected chi connectivity index (χ2v) is 4.28.